The molecule has 1 aromatic rings. The lowest BCUT2D eigenvalue weighted by Crippen LogP contribution is -2.46. The quantitative estimate of drug-likeness (QED) is 0.801. The van der Waals surface area contributed by atoms with Crippen LogP contribution in [0.25, 0.3) is 6.08 Å². The highest BCUT2D eigenvalue weighted by Crippen LogP contribution is 2.29. The number of carbonyl (C=O) groups excluding carboxylic acids is 1. The van der Waals surface area contributed by atoms with Gasteiger partial charge in [-0.15, -0.1) is 0 Å². The fourth-order valence-electron chi connectivity index (χ4n) is 3.42. The molecule has 0 atom stereocenters. The first-order valence-electron chi connectivity index (χ1n) is 9.35. The van der Waals surface area contributed by atoms with Crippen molar-refractivity contribution in [1.29, 1.82) is 0 Å². The standard InChI is InChI=1S/C20H25F3N2O2/c21-20(22,23)18-5-3-16(4-6-18)1-2-17-7-9-25(10-8-17)19(26)15-24-11-13-27-14-12-24/h1-6,17H,7-15H2/b2-1+. The Labute approximate surface area is 157 Å². The summed E-state index contributed by atoms with van der Waals surface area (Å²) in [6.07, 6.45) is 1.38. The van der Waals surface area contributed by atoms with Gasteiger partial charge in [-0.25, -0.2) is 0 Å². The molecule has 0 N–H and O–H groups in total. The lowest BCUT2D eigenvalue weighted by atomic mass is 9.95. The van der Waals surface area contributed by atoms with Crippen molar-refractivity contribution in [3.63, 3.8) is 0 Å². The molecule has 27 heavy (non-hydrogen) atoms. The number of hydrogen-bond donors (Lipinski definition) is 0. The Kier molecular flexibility index (Phi) is 6.55. The first kappa shape index (κ1) is 19.9. The molecule has 3 rings (SSSR count). The van der Waals surface area contributed by atoms with E-state index in [9.17, 15) is 18.0 Å². The third-order valence-corrected chi connectivity index (χ3v) is 5.15. The van der Waals surface area contributed by atoms with Crippen LogP contribution in [-0.4, -0.2) is 61.6 Å². The smallest absolute Gasteiger partial charge is 0.379 e. The molecule has 2 aliphatic heterocycles. The number of benzene rings is 1. The fourth-order valence-corrected chi connectivity index (χ4v) is 3.42. The highest BCUT2D eigenvalue weighted by Gasteiger charge is 2.29. The average molecular weight is 382 g/mol. The predicted octanol–water partition coefficient (Wildman–Crippen LogP) is 3.29. The number of alkyl halides is 3. The van der Waals surface area contributed by atoms with E-state index in [0.717, 1.165) is 56.7 Å². The summed E-state index contributed by atoms with van der Waals surface area (Å²) in [5.41, 5.74) is 0.126. The number of rotatable bonds is 4. The number of likely N-dealkylation sites (tertiary alicyclic amines) is 1. The van der Waals surface area contributed by atoms with Crippen LogP contribution in [0.1, 0.15) is 24.0 Å². The van der Waals surface area contributed by atoms with E-state index in [1.807, 2.05) is 17.1 Å². The zero-order valence-electron chi connectivity index (χ0n) is 15.3. The van der Waals surface area contributed by atoms with Crippen molar-refractivity contribution in [2.75, 3.05) is 45.9 Å². The minimum atomic E-state index is -4.30. The third kappa shape index (κ3) is 5.81. The number of amides is 1. The van der Waals surface area contributed by atoms with Crippen LogP contribution in [0, 0.1) is 5.92 Å². The Hall–Kier alpha value is -1.86. The van der Waals surface area contributed by atoms with Crippen LogP contribution in [0.5, 0.6) is 0 Å². The highest BCUT2D eigenvalue weighted by molar-refractivity contribution is 5.78. The summed E-state index contributed by atoms with van der Waals surface area (Å²) >= 11 is 0. The average Bonchev–Trinajstić information content (AvgIpc) is 2.67. The van der Waals surface area contributed by atoms with E-state index < -0.39 is 11.7 Å². The van der Waals surface area contributed by atoms with E-state index in [2.05, 4.69) is 4.90 Å². The van der Waals surface area contributed by atoms with Crippen LogP contribution in [0.3, 0.4) is 0 Å². The number of ether oxygens (including phenoxy) is 1. The van der Waals surface area contributed by atoms with Gasteiger partial charge in [0.2, 0.25) is 5.91 Å². The number of morpholine rings is 1. The summed E-state index contributed by atoms with van der Waals surface area (Å²) in [6, 6.07) is 5.18. The van der Waals surface area contributed by atoms with E-state index in [0.29, 0.717) is 25.7 Å². The summed E-state index contributed by atoms with van der Waals surface area (Å²) in [7, 11) is 0. The van der Waals surface area contributed by atoms with Gasteiger partial charge in [0.05, 0.1) is 25.3 Å². The molecule has 0 unspecified atom stereocenters. The molecule has 2 saturated heterocycles. The number of nitrogens with zero attached hydrogens (tertiary/aromatic N) is 2. The van der Waals surface area contributed by atoms with Gasteiger partial charge in [0.25, 0.3) is 0 Å². The van der Waals surface area contributed by atoms with Crippen LogP contribution in [0.15, 0.2) is 30.3 Å². The second kappa shape index (κ2) is 8.89. The molecule has 148 valence electrons. The Bertz CT molecular complexity index is 644. The molecule has 4 nitrogen and oxygen atoms in total. The largest absolute Gasteiger partial charge is 0.416 e. The molecule has 1 amide bonds. The number of allylic oxidation sites excluding steroid dienone is 1. The summed E-state index contributed by atoms with van der Waals surface area (Å²) in [6.45, 7) is 4.89. The molecule has 0 saturated carbocycles. The Morgan fingerprint density at radius 2 is 1.70 bits per heavy atom. The topological polar surface area (TPSA) is 32.8 Å². The predicted molar refractivity (Wildman–Crippen MR) is 97.0 cm³/mol. The number of carbonyl (C=O) groups is 1. The maximum Gasteiger partial charge on any atom is 0.416 e. The number of piperidine rings is 1. The zero-order valence-corrected chi connectivity index (χ0v) is 15.3. The van der Waals surface area contributed by atoms with Crippen molar-refractivity contribution in [2.45, 2.75) is 19.0 Å². The van der Waals surface area contributed by atoms with Crippen molar-refractivity contribution in [3.8, 4) is 0 Å². The SMILES string of the molecule is O=C(CN1CCOCC1)N1CCC(/C=C/c2ccc(C(F)(F)F)cc2)CC1. The molecular weight excluding hydrogens is 357 g/mol. The third-order valence-electron chi connectivity index (χ3n) is 5.15. The fraction of sp³-hybridized carbons (Fsp3) is 0.550. The Balaban J connectivity index is 1.44. The van der Waals surface area contributed by atoms with Crippen LogP contribution in [0.2, 0.25) is 0 Å². The van der Waals surface area contributed by atoms with Gasteiger partial charge in [-0.05, 0) is 36.5 Å². The molecule has 2 aliphatic rings. The first-order valence-corrected chi connectivity index (χ1v) is 9.35. The second-order valence-corrected chi connectivity index (χ2v) is 7.09. The van der Waals surface area contributed by atoms with Gasteiger partial charge in [0.15, 0.2) is 0 Å². The van der Waals surface area contributed by atoms with E-state index in [1.54, 1.807) is 0 Å². The molecule has 2 heterocycles. The van der Waals surface area contributed by atoms with Gasteiger partial charge in [-0.3, -0.25) is 9.69 Å². The van der Waals surface area contributed by atoms with Crippen molar-refractivity contribution in [2.24, 2.45) is 5.92 Å². The van der Waals surface area contributed by atoms with Crippen LogP contribution in [-0.2, 0) is 15.7 Å². The molecule has 7 heteroatoms. The lowest BCUT2D eigenvalue weighted by Gasteiger charge is -2.33. The van der Waals surface area contributed by atoms with E-state index in [1.165, 1.54) is 12.1 Å². The first-order chi connectivity index (χ1) is 12.9. The molecule has 0 bridgehead atoms. The van der Waals surface area contributed by atoms with Gasteiger partial charge in [0.1, 0.15) is 0 Å². The summed E-state index contributed by atoms with van der Waals surface area (Å²) in [5, 5.41) is 0. The molecule has 0 aromatic heterocycles. The molecular formula is C20H25F3N2O2. The van der Waals surface area contributed by atoms with Gasteiger partial charge in [0, 0.05) is 26.2 Å². The van der Waals surface area contributed by atoms with Crippen LogP contribution >= 0.6 is 0 Å². The normalized spacial score (nSPS) is 20.3. The summed E-state index contributed by atoms with van der Waals surface area (Å²) in [5.74, 6) is 0.516. The van der Waals surface area contributed by atoms with Gasteiger partial charge in [-0.1, -0.05) is 24.3 Å². The van der Waals surface area contributed by atoms with Gasteiger partial charge in [-0.2, -0.15) is 13.2 Å². The van der Waals surface area contributed by atoms with Crippen molar-refractivity contribution >= 4 is 12.0 Å². The van der Waals surface area contributed by atoms with Crippen LogP contribution in [0.4, 0.5) is 13.2 Å². The molecule has 0 spiro atoms. The van der Waals surface area contributed by atoms with Crippen molar-refractivity contribution in [3.05, 3.63) is 41.5 Å². The van der Waals surface area contributed by atoms with Gasteiger partial charge < -0.3 is 9.64 Å². The summed E-state index contributed by atoms with van der Waals surface area (Å²) in [4.78, 5) is 16.4. The second-order valence-electron chi connectivity index (χ2n) is 7.09. The van der Waals surface area contributed by atoms with Gasteiger partial charge >= 0.3 is 6.18 Å². The van der Waals surface area contributed by atoms with Crippen molar-refractivity contribution in [1.82, 2.24) is 9.80 Å². The molecule has 2 fully saturated rings. The number of hydrogen-bond acceptors (Lipinski definition) is 3. The van der Waals surface area contributed by atoms with E-state index in [-0.39, 0.29) is 5.91 Å². The minimum Gasteiger partial charge on any atom is -0.379 e. The molecule has 0 radical (unpaired) electrons. The summed E-state index contributed by atoms with van der Waals surface area (Å²) < 4.78 is 43.1. The lowest BCUT2D eigenvalue weighted by molar-refractivity contribution is -0.137. The van der Waals surface area contributed by atoms with E-state index in [4.69, 9.17) is 4.74 Å². The molecule has 1 aromatic carbocycles. The maximum absolute atomic E-state index is 12.6. The van der Waals surface area contributed by atoms with E-state index >= 15 is 0 Å². The Morgan fingerprint density at radius 1 is 1.07 bits per heavy atom. The zero-order chi connectivity index (χ0) is 19.3. The van der Waals surface area contributed by atoms with Crippen LogP contribution < -0.4 is 0 Å². The van der Waals surface area contributed by atoms with Crippen molar-refractivity contribution < 1.29 is 22.7 Å². The highest BCUT2D eigenvalue weighted by atomic mass is 19.4. The molecule has 0 aliphatic carbocycles. The minimum absolute atomic E-state index is 0.169. The maximum atomic E-state index is 12.6. The number of halogens is 3. The monoisotopic (exact) mass is 382 g/mol. The Morgan fingerprint density at radius 3 is 2.30 bits per heavy atom.